The van der Waals surface area contributed by atoms with E-state index in [1.54, 1.807) is 4.57 Å². The van der Waals surface area contributed by atoms with Crippen LogP contribution in [0.2, 0.25) is 0 Å². The van der Waals surface area contributed by atoms with Gasteiger partial charge in [-0.05, 0) is 29.7 Å². The molecule has 3 heterocycles. The van der Waals surface area contributed by atoms with Gasteiger partial charge in [0, 0.05) is 39.1 Å². The van der Waals surface area contributed by atoms with Crippen molar-refractivity contribution in [3.63, 3.8) is 0 Å². The van der Waals surface area contributed by atoms with Gasteiger partial charge in [-0.2, -0.15) is 0 Å². The van der Waals surface area contributed by atoms with Crippen molar-refractivity contribution < 1.29 is 9.53 Å². The maximum Gasteiger partial charge on any atom is 0.294 e. The Labute approximate surface area is 180 Å². The Kier molecular flexibility index (Phi) is 5.42. The molecule has 5 rings (SSSR count). The summed E-state index contributed by atoms with van der Waals surface area (Å²) in [7, 11) is 0. The first-order valence-corrected chi connectivity index (χ1v) is 10.9. The molecule has 2 aliphatic rings. The minimum Gasteiger partial charge on any atom is -0.378 e. The fraction of sp³-hybridized carbons (Fsp3) is 0.375. The van der Waals surface area contributed by atoms with E-state index in [2.05, 4.69) is 17.1 Å². The first kappa shape index (κ1) is 19.8. The highest BCUT2D eigenvalue weighted by Crippen LogP contribution is 2.20. The van der Waals surface area contributed by atoms with Crippen molar-refractivity contribution in [2.24, 2.45) is 0 Å². The lowest BCUT2D eigenvalue weighted by Crippen LogP contribution is -2.41. The van der Waals surface area contributed by atoms with Crippen LogP contribution in [-0.2, 0) is 29.0 Å². The number of ether oxygens (including phenoxy) is 1. The molecule has 2 aromatic carbocycles. The van der Waals surface area contributed by atoms with Gasteiger partial charge in [-0.3, -0.25) is 9.59 Å². The van der Waals surface area contributed by atoms with Gasteiger partial charge in [-0.25, -0.2) is 4.98 Å². The number of amides is 1. The molecular weight excluding hydrogens is 392 g/mol. The minimum absolute atomic E-state index is 0.0789. The number of hydrogen-bond acceptors (Lipinski definition) is 5. The lowest BCUT2D eigenvalue weighted by atomic mass is 10.00. The quantitative estimate of drug-likeness (QED) is 0.650. The molecule has 0 bridgehead atoms. The fourth-order valence-electron chi connectivity index (χ4n) is 4.46. The fourth-order valence-corrected chi connectivity index (χ4v) is 4.46. The lowest BCUT2D eigenvalue weighted by Gasteiger charge is -2.29. The van der Waals surface area contributed by atoms with Crippen LogP contribution in [0.3, 0.4) is 0 Å². The van der Waals surface area contributed by atoms with Gasteiger partial charge in [0.05, 0.1) is 24.2 Å². The summed E-state index contributed by atoms with van der Waals surface area (Å²) < 4.78 is 7.13. The lowest BCUT2D eigenvalue weighted by molar-refractivity contribution is -0.132. The molecule has 7 nitrogen and oxygen atoms in total. The maximum atomic E-state index is 13.3. The third-order valence-corrected chi connectivity index (χ3v) is 6.18. The summed E-state index contributed by atoms with van der Waals surface area (Å²) in [5.41, 5.74) is 3.92. The van der Waals surface area contributed by atoms with Gasteiger partial charge in [-0.1, -0.05) is 36.4 Å². The van der Waals surface area contributed by atoms with Crippen LogP contribution in [0, 0.1) is 0 Å². The molecular formula is C24H26N4O3. The second kappa shape index (κ2) is 8.51. The summed E-state index contributed by atoms with van der Waals surface area (Å²) in [6.07, 6.45) is 1.17. The van der Waals surface area contributed by atoms with Crippen LogP contribution in [0.5, 0.6) is 0 Å². The van der Waals surface area contributed by atoms with Gasteiger partial charge in [0.1, 0.15) is 0 Å². The molecule has 0 saturated carbocycles. The molecule has 0 spiro atoms. The molecule has 0 N–H and O–H groups in total. The van der Waals surface area contributed by atoms with Crippen molar-refractivity contribution in [3.8, 4) is 0 Å². The molecule has 1 amide bonds. The van der Waals surface area contributed by atoms with E-state index in [0.29, 0.717) is 51.6 Å². The van der Waals surface area contributed by atoms with E-state index in [4.69, 9.17) is 4.74 Å². The number of fused-ring (bicyclic) bond motifs is 2. The Morgan fingerprint density at radius 2 is 1.71 bits per heavy atom. The molecule has 2 aliphatic heterocycles. The van der Waals surface area contributed by atoms with Crippen molar-refractivity contribution in [2.45, 2.75) is 25.9 Å². The highest BCUT2D eigenvalue weighted by atomic mass is 16.5. The molecule has 7 heteroatoms. The van der Waals surface area contributed by atoms with Gasteiger partial charge in [-0.15, -0.1) is 0 Å². The zero-order chi connectivity index (χ0) is 21.2. The molecule has 1 aromatic heterocycles. The molecule has 0 radical (unpaired) electrons. The monoisotopic (exact) mass is 418 g/mol. The van der Waals surface area contributed by atoms with Crippen LogP contribution >= 0.6 is 0 Å². The van der Waals surface area contributed by atoms with Crippen LogP contribution in [0.1, 0.15) is 17.5 Å². The smallest absolute Gasteiger partial charge is 0.294 e. The summed E-state index contributed by atoms with van der Waals surface area (Å²) >= 11 is 0. The van der Waals surface area contributed by atoms with Crippen LogP contribution in [0.15, 0.2) is 53.3 Å². The van der Waals surface area contributed by atoms with Crippen molar-refractivity contribution in [3.05, 3.63) is 70.0 Å². The van der Waals surface area contributed by atoms with Gasteiger partial charge in [0.2, 0.25) is 5.91 Å². The van der Waals surface area contributed by atoms with Gasteiger partial charge >= 0.3 is 0 Å². The molecule has 160 valence electrons. The molecule has 0 aliphatic carbocycles. The number of nitrogens with zero attached hydrogens (tertiary/aromatic N) is 4. The summed E-state index contributed by atoms with van der Waals surface area (Å²) in [5.74, 6) is 0.525. The summed E-state index contributed by atoms with van der Waals surface area (Å²) in [4.78, 5) is 34.8. The predicted molar refractivity (Wildman–Crippen MR) is 119 cm³/mol. The van der Waals surface area contributed by atoms with E-state index >= 15 is 0 Å². The SMILES string of the molecule is O=C(CCn1c(=O)c(N2CCOCC2)nc2ccccc21)N1CCc2ccccc2C1. The van der Waals surface area contributed by atoms with E-state index in [0.717, 1.165) is 24.0 Å². The standard InChI is InChI=1S/C24H26N4O3/c29-22(27-11-9-18-5-1-2-6-19(18)17-27)10-12-28-21-8-4-3-7-20(21)25-23(24(28)30)26-13-15-31-16-14-26/h1-8H,9-17H2. The second-order valence-corrected chi connectivity index (χ2v) is 8.06. The number of aromatic nitrogens is 2. The third kappa shape index (κ3) is 3.93. The second-order valence-electron chi connectivity index (χ2n) is 8.06. The average Bonchev–Trinajstić information content (AvgIpc) is 2.83. The molecule has 31 heavy (non-hydrogen) atoms. The number of para-hydroxylation sites is 2. The summed E-state index contributed by atoms with van der Waals surface area (Å²) in [6.45, 7) is 4.17. The van der Waals surface area contributed by atoms with Crippen molar-refractivity contribution in [1.82, 2.24) is 14.5 Å². The number of anilines is 1. The highest BCUT2D eigenvalue weighted by molar-refractivity contribution is 5.78. The van der Waals surface area contributed by atoms with E-state index in [9.17, 15) is 9.59 Å². The Morgan fingerprint density at radius 3 is 2.55 bits per heavy atom. The Hall–Kier alpha value is -3.19. The normalized spacial score (nSPS) is 16.4. The number of aryl methyl sites for hydroxylation is 1. The molecule has 3 aromatic rings. The van der Waals surface area contributed by atoms with Gasteiger partial charge < -0.3 is 19.1 Å². The molecule has 0 atom stereocenters. The van der Waals surface area contributed by atoms with Crippen molar-refractivity contribution in [1.29, 1.82) is 0 Å². The predicted octanol–water partition coefficient (Wildman–Crippen LogP) is 2.21. The Bertz CT molecular complexity index is 1170. The summed E-state index contributed by atoms with van der Waals surface area (Å²) in [5, 5.41) is 0. The maximum absolute atomic E-state index is 13.3. The van der Waals surface area contributed by atoms with Crippen LogP contribution in [0.4, 0.5) is 5.82 Å². The largest absolute Gasteiger partial charge is 0.378 e. The van der Waals surface area contributed by atoms with Crippen molar-refractivity contribution >= 4 is 22.8 Å². The Balaban J connectivity index is 1.39. The third-order valence-electron chi connectivity index (χ3n) is 6.18. The minimum atomic E-state index is -0.141. The van der Waals surface area contributed by atoms with E-state index < -0.39 is 0 Å². The van der Waals surface area contributed by atoms with E-state index in [1.807, 2.05) is 46.2 Å². The van der Waals surface area contributed by atoms with Crippen molar-refractivity contribution in [2.75, 3.05) is 37.7 Å². The number of hydrogen-bond donors (Lipinski definition) is 0. The van der Waals surface area contributed by atoms with E-state index in [1.165, 1.54) is 11.1 Å². The van der Waals surface area contributed by atoms with Gasteiger partial charge in [0.25, 0.3) is 5.56 Å². The first-order valence-electron chi connectivity index (χ1n) is 10.9. The van der Waals surface area contributed by atoms with Crippen LogP contribution in [-0.4, -0.2) is 53.2 Å². The highest BCUT2D eigenvalue weighted by Gasteiger charge is 2.22. The topological polar surface area (TPSA) is 67.7 Å². The Morgan fingerprint density at radius 1 is 0.968 bits per heavy atom. The van der Waals surface area contributed by atoms with Crippen LogP contribution < -0.4 is 10.5 Å². The van der Waals surface area contributed by atoms with Crippen LogP contribution in [0.25, 0.3) is 11.0 Å². The zero-order valence-corrected chi connectivity index (χ0v) is 17.5. The van der Waals surface area contributed by atoms with Gasteiger partial charge in [0.15, 0.2) is 5.82 Å². The number of benzene rings is 2. The molecule has 1 fully saturated rings. The average molecular weight is 418 g/mol. The number of carbonyl (C=O) groups is 1. The summed E-state index contributed by atoms with van der Waals surface area (Å²) in [6, 6.07) is 15.9. The molecule has 0 unspecified atom stereocenters. The zero-order valence-electron chi connectivity index (χ0n) is 17.5. The van der Waals surface area contributed by atoms with E-state index in [-0.39, 0.29) is 11.5 Å². The number of rotatable bonds is 4. The number of morpholine rings is 1. The number of carbonyl (C=O) groups excluding carboxylic acids is 1. The first-order chi connectivity index (χ1) is 15.2. The molecule has 1 saturated heterocycles.